The van der Waals surface area contributed by atoms with Crippen LogP contribution in [-0.2, 0) is 6.54 Å². The Hall–Kier alpha value is -2.55. The van der Waals surface area contributed by atoms with E-state index in [4.69, 9.17) is 16.9 Å². The Kier molecular flexibility index (Phi) is 5.25. The third kappa shape index (κ3) is 3.84. The van der Waals surface area contributed by atoms with Gasteiger partial charge in [0.2, 0.25) is 0 Å². The van der Waals surface area contributed by atoms with Crippen molar-refractivity contribution in [2.75, 3.05) is 13.1 Å². The summed E-state index contributed by atoms with van der Waals surface area (Å²) in [6, 6.07) is 10.4. The van der Waals surface area contributed by atoms with Crippen molar-refractivity contribution in [3.63, 3.8) is 0 Å². The van der Waals surface area contributed by atoms with Crippen LogP contribution in [0, 0.1) is 23.1 Å². The molecule has 142 valence electrons. The fraction of sp³-hybridized carbons (Fsp3) is 0.318. The Morgan fingerprint density at radius 3 is 2.93 bits per heavy atom. The van der Waals surface area contributed by atoms with Crippen LogP contribution in [0.15, 0.2) is 42.7 Å². The molecule has 1 aliphatic heterocycles. The number of aromatic nitrogens is 2. The minimum absolute atomic E-state index is 0.334. The van der Waals surface area contributed by atoms with E-state index in [9.17, 15) is 4.39 Å². The first-order valence-electron chi connectivity index (χ1n) is 9.35. The van der Waals surface area contributed by atoms with Crippen LogP contribution in [0.1, 0.15) is 36.1 Å². The summed E-state index contributed by atoms with van der Waals surface area (Å²) in [6.45, 7) is 4.65. The Labute approximate surface area is 168 Å². The first kappa shape index (κ1) is 18.8. The van der Waals surface area contributed by atoms with Gasteiger partial charge in [0.1, 0.15) is 11.0 Å². The number of rotatable bonds is 3. The molecule has 28 heavy (non-hydrogen) atoms. The molecule has 3 aromatic rings. The van der Waals surface area contributed by atoms with Crippen molar-refractivity contribution in [1.82, 2.24) is 14.9 Å². The number of hydrogen-bond acceptors (Lipinski definition) is 4. The van der Waals surface area contributed by atoms with Crippen molar-refractivity contribution in [2.45, 2.75) is 25.8 Å². The number of likely N-dealkylation sites (tertiary alicyclic amines) is 1. The molecule has 1 saturated heterocycles. The monoisotopic (exact) mass is 394 g/mol. The van der Waals surface area contributed by atoms with Crippen LogP contribution < -0.4 is 0 Å². The maximum Gasteiger partial charge on any atom is 0.129 e. The van der Waals surface area contributed by atoms with Crippen molar-refractivity contribution in [3.05, 3.63) is 70.5 Å². The van der Waals surface area contributed by atoms with Gasteiger partial charge < -0.3 is 0 Å². The summed E-state index contributed by atoms with van der Waals surface area (Å²) in [7, 11) is 0. The topological polar surface area (TPSA) is 52.8 Å². The quantitative estimate of drug-likeness (QED) is 0.591. The molecule has 0 bridgehead atoms. The Morgan fingerprint density at radius 2 is 2.14 bits per heavy atom. The summed E-state index contributed by atoms with van der Waals surface area (Å²) in [4.78, 5) is 11.2. The molecule has 1 aliphatic rings. The molecule has 0 spiro atoms. The SMILES string of the molecule is C[C@@H]1CN(Cc2cc(F)cc(C#N)c2)CC[C@H]1c1nccc2cnc(Cl)cc12. The molecule has 2 aromatic heterocycles. The lowest BCUT2D eigenvalue weighted by Gasteiger charge is -2.37. The van der Waals surface area contributed by atoms with E-state index >= 15 is 0 Å². The molecule has 0 unspecified atom stereocenters. The molecule has 6 heteroatoms. The molecular formula is C22H20ClFN4. The van der Waals surface area contributed by atoms with E-state index < -0.39 is 0 Å². The van der Waals surface area contributed by atoms with Gasteiger partial charge in [-0.15, -0.1) is 0 Å². The maximum atomic E-state index is 13.7. The van der Waals surface area contributed by atoms with E-state index in [0.717, 1.165) is 41.5 Å². The summed E-state index contributed by atoms with van der Waals surface area (Å²) in [5.74, 6) is 0.366. The van der Waals surface area contributed by atoms with Crippen LogP contribution in [0.2, 0.25) is 5.15 Å². The molecule has 1 fully saturated rings. The van der Waals surface area contributed by atoms with Gasteiger partial charge in [0.25, 0.3) is 0 Å². The zero-order valence-electron chi connectivity index (χ0n) is 15.6. The largest absolute Gasteiger partial charge is 0.299 e. The van der Waals surface area contributed by atoms with Gasteiger partial charge >= 0.3 is 0 Å². The standard InChI is InChI=1S/C22H20ClFN4/c1-14-12-28(13-16-6-15(10-25)7-18(24)8-16)5-3-19(14)22-20-9-21(23)27-11-17(20)2-4-26-22/h2,4,6-9,11,14,19H,3,5,12-13H2,1H3/t14-,19-/m1/s1. The zero-order chi connectivity index (χ0) is 19.7. The molecule has 3 heterocycles. The Morgan fingerprint density at radius 1 is 1.29 bits per heavy atom. The number of nitrogens with zero attached hydrogens (tertiary/aromatic N) is 4. The third-order valence-corrected chi connectivity index (χ3v) is 5.69. The molecule has 4 rings (SSSR count). The predicted molar refractivity (Wildman–Crippen MR) is 107 cm³/mol. The molecule has 0 aliphatic carbocycles. The van der Waals surface area contributed by atoms with Gasteiger partial charge in [-0.3, -0.25) is 9.88 Å². The minimum atomic E-state index is -0.359. The molecule has 0 amide bonds. The normalized spacial score (nSPS) is 20.2. The van der Waals surface area contributed by atoms with E-state index in [-0.39, 0.29) is 5.82 Å². The summed E-state index contributed by atoms with van der Waals surface area (Å²) < 4.78 is 13.7. The molecular weight excluding hydrogens is 375 g/mol. The smallest absolute Gasteiger partial charge is 0.129 e. The number of fused-ring (bicyclic) bond motifs is 1. The van der Waals surface area contributed by atoms with Crippen molar-refractivity contribution < 1.29 is 4.39 Å². The highest BCUT2D eigenvalue weighted by Crippen LogP contribution is 2.36. The lowest BCUT2D eigenvalue weighted by Crippen LogP contribution is -2.38. The van der Waals surface area contributed by atoms with E-state index in [1.54, 1.807) is 12.3 Å². The first-order valence-corrected chi connectivity index (χ1v) is 9.73. The molecule has 4 nitrogen and oxygen atoms in total. The van der Waals surface area contributed by atoms with E-state index in [2.05, 4.69) is 21.8 Å². The molecule has 2 atom stereocenters. The van der Waals surface area contributed by atoms with Crippen LogP contribution in [0.5, 0.6) is 0 Å². The van der Waals surface area contributed by atoms with Crippen LogP contribution in [0.3, 0.4) is 0 Å². The second-order valence-corrected chi connectivity index (χ2v) is 7.88. The van der Waals surface area contributed by atoms with Gasteiger partial charge in [-0.05, 0) is 54.8 Å². The van der Waals surface area contributed by atoms with Crippen LogP contribution >= 0.6 is 11.6 Å². The van der Waals surface area contributed by atoms with Crippen molar-refractivity contribution >= 4 is 22.4 Å². The number of piperidine rings is 1. The highest BCUT2D eigenvalue weighted by molar-refractivity contribution is 6.30. The van der Waals surface area contributed by atoms with Crippen molar-refractivity contribution in [2.24, 2.45) is 5.92 Å². The average molecular weight is 395 g/mol. The molecule has 1 aromatic carbocycles. The lowest BCUT2D eigenvalue weighted by molar-refractivity contribution is 0.155. The van der Waals surface area contributed by atoms with Gasteiger partial charge in [-0.1, -0.05) is 18.5 Å². The van der Waals surface area contributed by atoms with Crippen molar-refractivity contribution in [1.29, 1.82) is 5.26 Å². The number of hydrogen-bond donors (Lipinski definition) is 0. The number of halogens is 2. The van der Waals surface area contributed by atoms with Crippen LogP contribution in [0.4, 0.5) is 4.39 Å². The summed E-state index contributed by atoms with van der Waals surface area (Å²) in [6.07, 6.45) is 4.59. The predicted octanol–water partition coefficient (Wildman–Crippen LogP) is 4.92. The second kappa shape index (κ2) is 7.83. The van der Waals surface area contributed by atoms with Gasteiger partial charge in [0.05, 0.1) is 17.3 Å². The van der Waals surface area contributed by atoms with E-state index in [1.165, 1.54) is 12.1 Å². The third-order valence-electron chi connectivity index (χ3n) is 5.48. The lowest BCUT2D eigenvalue weighted by atomic mass is 9.82. The molecule has 0 N–H and O–H groups in total. The Balaban J connectivity index is 1.53. The van der Waals surface area contributed by atoms with Gasteiger partial charge in [0.15, 0.2) is 0 Å². The van der Waals surface area contributed by atoms with Gasteiger partial charge in [-0.25, -0.2) is 9.37 Å². The Bertz CT molecular complexity index is 1060. The van der Waals surface area contributed by atoms with Gasteiger partial charge in [-0.2, -0.15) is 5.26 Å². The minimum Gasteiger partial charge on any atom is -0.299 e. The maximum absolute atomic E-state index is 13.7. The molecule has 0 radical (unpaired) electrons. The molecule has 0 saturated carbocycles. The van der Waals surface area contributed by atoms with Crippen LogP contribution in [-0.4, -0.2) is 28.0 Å². The average Bonchev–Trinajstić information content (AvgIpc) is 2.67. The van der Waals surface area contributed by atoms with Gasteiger partial charge in [0, 0.05) is 42.2 Å². The summed E-state index contributed by atoms with van der Waals surface area (Å²) in [5.41, 5.74) is 2.28. The number of benzene rings is 1. The van der Waals surface area contributed by atoms with Crippen LogP contribution in [0.25, 0.3) is 10.8 Å². The fourth-order valence-corrected chi connectivity index (χ4v) is 4.36. The second-order valence-electron chi connectivity index (χ2n) is 7.49. The van der Waals surface area contributed by atoms with Crippen molar-refractivity contribution in [3.8, 4) is 6.07 Å². The van der Waals surface area contributed by atoms with E-state index in [1.807, 2.05) is 24.4 Å². The summed E-state index contributed by atoms with van der Waals surface area (Å²) >= 11 is 6.12. The highest BCUT2D eigenvalue weighted by atomic mass is 35.5. The fourth-order valence-electron chi connectivity index (χ4n) is 4.20. The number of nitriles is 1. The number of pyridine rings is 2. The van der Waals surface area contributed by atoms with E-state index in [0.29, 0.717) is 29.1 Å². The first-order chi connectivity index (χ1) is 13.5. The highest BCUT2D eigenvalue weighted by Gasteiger charge is 2.29. The zero-order valence-corrected chi connectivity index (χ0v) is 16.3. The summed E-state index contributed by atoms with van der Waals surface area (Å²) in [5, 5.41) is 11.6.